The van der Waals surface area contributed by atoms with Crippen LogP contribution in [-0.4, -0.2) is 80.7 Å². The fourth-order valence-electron chi connectivity index (χ4n) is 5.20. The van der Waals surface area contributed by atoms with Crippen molar-refractivity contribution < 1.29 is 48.3 Å². The lowest BCUT2D eigenvalue weighted by molar-refractivity contribution is -0.112. The number of nitrogens with two attached hydrogens (primary N) is 1. The van der Waals surface area contributed by atoms with E-state index in [2.05, 4.69) is 10.6 Å². The molecule has 13 heteroatoms. The maximum absolute atomic E-state index is 13.2. The molecule has 1 heterocycles. The molecule has 0 spiro atoms. The number of methoxy groups -OCH3 is 3. The van der Waals surface area contributed by atoms with E-state index in [4.69, 9.17) is 29.4 Å². The fraction of sp³-hybridized carbons (Fsp3) is 0.531. The van der Waals surface area contributed by atoms with E-state index in [-0.39, 0.29) is 47.4 Å². The van der Waals surface area contributed by atoms with Crippen LogP contribution in [-0.2, 0) is 30.2 Å². The van der Waals surface area contributed by atoms with Gasteiger partial charge in [-0.05, 0) is 51.2 Å². The van der Waals surface area contributed by atoms with Crippen molar-refractivity contribution >= 4 is 29.5 Å². The van der Waals surface area contributed by atoms with E-state index < -0.39 is 48.4 Å². The number of aliphatic hydroxyl groups excluding tert-OH is 1. The summed E-state index contributed by atoms with van der Waals surface area (Å²) in [5.74, 6) is -1.22. The number of nitrogens with one attached hydrogen (secondary N) is 2. The summed E-state index contributed by atoms with van der Waals surface area (Å²) >= 11 is 0. The molecule has 250 valence electrons. The Morgan fingerprint density at radius 2 is 1.84 bits per heavy atom. The molecule has 1 aliphatic rings. The van der Waals surface area contributed by atoms with E-state index in [1.807, 2.05) is 6.92 Å². The maximum atomic E-state index is 13.2. The highest BCUT2D eigenvalue weighted by atomic mass is 16.6. The van der Waals surface area contributed by atoms with Crippen molar-refractivity contribution in [3.05, 3.63) is 47.1 Å². The summed E-state index contributed by atoms with van der Waals surface area (Å²) in [6.45, 7) is 8.82. The lowest BCUT2D eigenvalue weighted by Gasteiger charge is -2.29. The first-order valence-electron chi connectivity index (χ1n) is 14.7. The third-order valence-corrected chi connectivity index (χ3v) is 7.52. The van der Waals surface area contributed by atoms with Gasteiger partial charge in [-0.3, -0.25) is 10.1 Å². The highest BCUT2D eigenvalue weighted by molar-refractivity contribution is 6.05. The molecule has 2 bridgehead atoms. The predicted octanol–water partition coefficient (Wildman–Crippen LogP) is 4.43. The number of ether oxygens (including phenoxy) is 5. The normalized spacial score (nSPS) is 28.0. The van der Waals surface area contributed by atoms with Crippen LogP contribution in [0.3, 0.4) is 0 Å². The minimum absolute atomic E-state index is 0.0332. The SMILES string of the molecule is CCOC(=O)Nc1cc2c(O)c(c1OC)C[C@@H](C)C[C@H](OC)[C@H](O)[C@@H](C)/C=C(\C)[C@H](OC(N)=O)[C@@H](OC)/C=C\C=C(/C)C(=O)N2. The van der Waals surface area contributed by atoms with Gasteiger partial charge in [0.2, 0.25) is 0 Å². The third-order valence-electron chi connectivity index (χ3n) is 7.52. The molecule has 1 aromatic rings. The summed E-state index contributed by atoms with van der Waals surface area (Å²) in [4.78, 5) is 37.3. The van der Waals surface area contributed by atoms with Crippen LogP contribution >= 0.6 is 0 Å². The molecule has 0 aromatic heterocycles. The zero-order chi connectivity index (χ0) is 33.8. The summed E-state index contributed by atoms with van der Waals surface area (Å²) in [6.07, 6.45) is 2.01. The molecule has 0 saturated heterocycles. The second-order valence-electron chi connectivity index (χ2n) is 11.0. The van der Waals surface area contributed by atoms with Crippen LogP contribution in [0.5, 0.6) is 11.5 Å². The average molecular weight is 634 g/mol. The van der Waals surface area contributed by atoms with Crippen LogP contribution < -0.4 is 21.1 Å². The highest BCUT2D eigenvalue weighted by Crippen LogP contribution is 2.43. The number of aliphatic hydroxyl groups is 1. The number of hydrogen-bond acceptors (Lipinski definition) is 10. The van der Waals surface area contributed by atoms with Gasteiger partial charge in [-0.15, -0.1) is 0 Å². The Bertz CT molecular complexity index is 1290. The quantitative estimate of drug-likeness (QED) is 0.170. The molecule has 6 N–H and O–H groups in total. The summed E-state index contributed by atoms with van der Waals surface area (Å²) in [7, 11) is 4.33. The van der Waals surface area contributed by atoms with E-state index in [9.17, 15) is 24.6 Å². The molecule has 0 fully saturated rings. The van der Waals surface area contributed by atoms with Gasteiger partial charge in [0.25, 0.3) is 5.91 Å². The molecule has 3 amide bonds. The number of aromatic hydroxyl groups is 1. The van der Waals surface area contributed by atoms with Crippen molar-refractivity contribution in [1.82, 2.24) is 0 Å². The molecular formula is C32H47N3O10. The van der Waals surface area contributed by atoms with Gasteiger partial charge < -0.3 is 44.9 Å². The smallest absolute Gasteiger partial charge is 0.411 e. The molecule has 0 aliphatic carbocycles. The van der Waals surface area contributed by atoms with Crippen LogP contribution in [0, 0.1) is 11.8 Å². The second kappa shape index (κ2) is 17.4. The third kappa shape index (κ3) is 10.2. The molecule has 1 aliphatic heterocycles. The van der Waals surface area contributed by atoms with Gasteiger partial charge >= 0.3 is 12.2 Å². The number of carbonyl (C=O) groups is 3. The van der Waals surface area contributed by atoms with Crippen molar-refractivity contribution in [3.63, 3.8) is 0 Å². The second-order valence-corrected chi connectivity index (χ2v) is 11.0. The predicted molar refractivity (Wildman–Crippen MR) is 169 cm³/mol. The maximum Gasteiger partial charge on any atom is 0.411 e. The van der Waals surface area contributed by atoms with Gasteiger partial charge in [0.05, 0.1) is 37.3 Å². The number of benzene rings is 1. The topological polar surface area (TPSA) is 188 Å². The zero-order valence-electron chi connectivity index (χ0n) is 27.2. The minimum Gasteiger partial charge on any atom is -0.505 e. The van der Waals surface area contributed by atoms with Gasteiger partial charge in [0.15, 0.2) is 6.10 Å². The zero-order valence-corrected chi connectivity index (χ0v) is 27.2. The molecule has 1 aromatic carbocycles. The molecule has 2 rings (SSSR count). The molecule has 6 atom stereocenters. The van der Waals surface area contributed by atoms with Crippen molar-refractivity contribution in [3.8, 4) is 11.5 Å². The summed E-state index contributed by atoms with van der Waals surface area (Å²) in [6, 6.07) is 1.38. The number of carbonyl (C=O) groups excluding carboxylic acids is 3. The van der Waals surface area contributed by atoms with Gasteiger partial charge in [-0.25, -0.2) is 9.59 Å². The number of hydrogen-bond donors (Lipinski definition) is 5. The van der Waals surface area contributed by atoms with Gasteiger partial charge in [0, 0.05) is 31.3 Å². The Hall–Kier alpha value is -4.07. The largest absolute Gasteiger partial charge is 0.505 e. The fourth-order valence-corrected chi connectivity index (χ4v) is 5.20. The Balaban J connectivity index is 2.73. The number of primary amides is 1. The van der Waals surface area contributed by atoms with E-state index in [1.54, 1.807) is 45.9 Å². The van der Waals surface area contributed by atoms with Gasteiger partial charge in [-0.2, -0.15) is 0 Å². The lowest BCUT2D eigenvalue weighted by atomic mass is 9.87. The number of fused-ring (bicyclic) bond motifs is 2. The van der Waals surface area contributed by atoms with E-state index in [1.165, 1.54) is 33.5 Å². The molecule has 0 saturated carbocycles. The van der Waals surface area contributed by atoms with Crippen molar-refractivity contribution in [1.29, 1.82) is 0 Å². The van der Waals surface area contributed by atoms with Crippen molar-refractivity contribution in [2.45, 2.75) is 71.9 Å². The first kappa shape index (κ1) is 37.1. The highest BCUT2D eigenvalue weighted by Gasteiger charge is 2.30. The van der Waals surface area contributed by atoms with Crippen LogP contribution in [0.4, 0.5) is 21.0 Å². The van der Waals surface area contributed by atoms with Crippen LogP contribution in [0.2, 0.25) is 0 Å². The van der Waals surface area contributed by atoms with Gasteiger partial charge in [-0.1, -0.05) is 38.2 Å². The summed E-state index contributed by atoms with van der Waals surface area (Å²) in [5, 5.41) is 28.0. The minimum atomic E-state index is -1.00. The number of amides is 3. The Morgan fingerprint density at radius 1 is 1.16 bits per heavy atom. The van der Waals surface area contributed by atoms with Crippen LogP contribution in [0.15, 0.2) is 41.5 Å². The van der Waals surface area contributed by atoms with Crippen molar-refractivity contribution in [2.75, 3.05) is 38.6 Å². The van der Waals surface area contributed by atoms with E-state index >= 15 is 0 Å². The Kier molecular flexibility index (Phi) is 14.4. The molecule has 13 nitrogen and oxygen atoms in total. The van der Waals surface area contributed by atoms with Crippen molar-refractivity contribution in [2.24, 2.45) is 17.6 Å². The van der Waals surface area contributed by atoms with Crippen LogP contribution in [0.1, 0.15) is 46.6 Å². The summed E-state index contributed by atoms with van der Waals surface area (Å²) in [5.41, 5.74) is 6.76. The number of rotatable bonds is 6. The molecule has 45 heavy (non-hydrogen) atoms. The number of anilines is 2. The number of phenols is 1. The molecular weight excluding hydrogens is 586 g/mol. The lowest BCUT2D eigenvalue weighted by Crippen LogP contribution is -2.37. The number of phenolic OH excluding ortho intramolecular Hbond substituents is 1. The van der Waals surface area contributed by atoms with E-state index in [0.29, 0.717) is 17.6 Å². The first-order chi connectivity index (χ1) is 21.3. The Labute approximate surface area is 264 Å². The monoisotopic (exact) mass is 633 g/mol. The standard InChI is InChI=1S/C32H47N3O10/c1-9-44-32(40)35-23-16-22-27(37)21(29(23)43-8)13-17(2)14-25(42-7)26(36)19(4)15-20(5)28(45-31(33)39)24(41-6)12-10-11-18(3)30(38)34-22/h10-12,15-17,19,24-26,28,36-37H,9,13-14H2,1-8H3,(H2,33,39)(H,34,38)(H,35,40)/b12-10-,18-11+,20-15+/t17-,19+,24+,25+,26-,28+/m1/s1. The Morgan fingerprint density at radius 3 is 2.42 bits per heavy atom. The average Bonchev–Trinajstić information content (AvgIpc) is 2.98. The molecule has 0 radical (unpaired) electrons. The van der Waals surface area contributed by atoms with Gasteiger partial charge in [0.1, 0.15) is 17.6 Å². The molecule has 0 unspecified atom stereocenters. The van der Waals surface area contributed by atoms with Crippen LogP contribution in [0.25, 0.3) is 0 Å². The van der Waals surface area contributed by atoms with E-state index in [0.717, 1.165) is 0 Å². The number of allylic oxidation sites excluding steroid dienone is 2. The summed E-state index contributed by atoms with van der Waals surface area (Å²) < 4.78 is 27.3. The first-order valence-corrected chi connectivity index (χ1v) is 14.7.